The highest BCUT2D eigenvalue weighted by atomic mass is 32.2. The first-order valence-corrected chi connectivity index (χ1v) is 10.4. The van der Waals surface area contributed by atoms with E-state index in [2.05, 4.69) is 0 Å². The Kier molecular flexibility index (Phi) is 6.22. The lowest BCUT2D eigenvalue weighted by Gasteiger charge is -2.30. The van der Waals surface area contributed by atoms with Crippen LogP contribution < -0.4 is 14.4 Å². The number of rotatable bonds is 5. The van der Waals surface area contributed by atoms with Crippen LogP contribution in [0.25, 0.3) is 0 Å². The molecule has 2 aromatic carbocycles. The lowest BCUT2D eigenvalue weighted by Crippen LogP contribution is -2.37. The van der Waals surface area contributed by atoms with Gasteiger partial charge in [0.1, 0.15) is 5.75 Å². The van der Waals surface area contributed by atoms with Crippen molar-refractivity contribution >= 4 is 21.6 Å². The molecule has 11 heteroatoms. The number of ether oxygens (including phenoxy) is 2. The molecule has 7 nitrogen and oxygen atoms in total. The van der Waals surface area contributed by atoms with Gasteiger partial charge in [-0.05, 0) is 30.3 Å². The molecule has 0 unspecified atom stereocenters. The number of benzene rings is 2. The van der Waals surface area contributed by atoms with Gasteiger partial charge in [-0.1, -0.05) is 12.1 Å². The molecule has 3 rings (SSSR count). The van der Waals surface area contributed by atoms with Crippen molar-refractivity contribution in [3.05, 3.63) is 53.6 Å². The highest BCUT2D eigenvalue weighted by Crippen LogP contribution is 2.34. The Bertz CT molecular complexity index is 1030. The summed E-state index contributed by atoms with van der Waals surface area (Å²) in [6, 6.07) is 7.93. The minimum absolute atomic E-state index is 0.0367. The second kappa shape index (κ2) is 8.52. The summed E-state index contributed by atoms with van der Waals surface area (Å²) in [5, 5.41) is 0. The van der Waals surface area contributed by atoms with Gasteiger partial charge in [-0.15, -0.1) is 0 Å². The number of amides is 1. The van der Waals surface area contributed by atoms with Gasteiger partial charge in [0, 0.05) is 18.7 Å². The van der Waals surface area contributed by atoms with Crippen LogP contribution in [0.15, 0.2) is 47.4 Å². The van der Waals surface area contributed by atoms with Crippen LogP contribution in [-0.4, -0.2) is 47.7 Å². The van der Waals surface area contributed by atoms with Crippen LogP contribution in [-0.2, 0) is 20.9 Å². The smallest absolute Gasteiger partial charge is 0.417 e. The molecule has 1 aliphatic heterocycles. The monoisotopic (exact) mass is 444 g/mol. The molecule has 0 atom stereocenters. The number of morpholine rings is 1. The second-order valence-corrected chi connectivity index (χ2v) is 8.07. The molecule has 2 aromatic rings. The Hall–Kier alpha value is -2.79. The van der Waals surface area contributed by atoms with Crippen molar-refractivity contribution in [1.82, 2.24) is 4.72 Å². The standard InChI is InChI=1S/C19H19F3N2O5S/c1-28-16-7-6-13(12-15(16)24-8-10-29-11-9-24)18(25)23-30(26,27)17-5-3-2-4-14(17)19(20,21)22/h2-7,12H,8-11H2,1H3,(H,23,25). The van der Waals surface area contributed by atoms with E-state index in [1.165, 1.54) is 25.3 Å². The summed E-state index contributed by atoms with van der Waals surface area (Å²) < 4.78 is 76.9. The zero-order chi connectivity index (χ0) is 21.9. The normalized spacial score (nSPS) is 15.0. The van der Waals surface area contributed by atoms with Gasteiger partial charge < -0.3 is 14.4 Å². The first-order chi connectivity index (χ1) is 14.1. The summed E-state index contributed by atoms with van der Waals surface area (Å²) >= 11 is 0. The van der Waals surface area contributed by atoms with Gasteiger partial charge in [0.2, 0.25) is 0 Å². The summed E-state index contributed by atoms with van der Waals surface area (Å²) in [4.78, 5) is 13.5. The number of anilines is 1. The molecular weight excluding hydrogens is 425 g/mol. The predicted octanol–water partition coefficient (Wildman–Crippen LogP) is 2.67. The molecule has 0 saturated carbocycles. The van der Waals surface area contributed by atoms with E-state index in [0.717, 1.165) is 18.2 Å². The van der Waals surface area contributed by atoms with Crippen LogP contribution >= 0.6 is 0 Å². The fraction of sp³-hybridized carbons (Fsp3) is 0.316. The number of methoxy groups -OCH3 is 1. The number of hydrogen-bond donors (Lipinski definition) is 1. The van der Waals surface area contributed by atoms with Crippen molar-refractivity contribution in [1.29, 1.82) is 0 Å². The van der Waals surface area contributed by atoms with Crippen LogP contribution in [0, 0.1) is 0 Å². The van der Waals surface area contributed by atoms with E-state index in [-0.39, 0.29) is 5.56 Å². The fourth-order valence-electron chi connectivity index (χ4n) is 3.05. The number of alkyl halides is 3. The first kappa shape index (κ1) is 21.9. The Morgan fingerprint density at radius 2 is 1.80 bits per heavy atom. The van der Waals surface area contributed by atoms with Gasteiger partial charge in [-0.3, -0.25) is 4.79 Å². The molecule has 0 aliphatic carbocycles. The summed E-state index contributed by atoms with van der Waals surface area (Å²) in [7, 11) is -3.30. The maximum Gasteiger partial charge on any atom is 0.417 e. The van der Waals surface area contributed by atoms with E-state index < -0.39 is 32.6 Å². The maximum atomic E-state index is 13.2. The minimum atomic E-state index is -4.89. The minimum Gasteiger partial charge on any atom is -0.495 e. The Morgan fingerprint density at radius 3 is 2.43 bits per heavy atom. The topological polar surface area (TPSA) is 84.9 Å². The molecule has 0 bridgehead atoms. The number of hydrogen-bond acceptors (Lipinski definition) is 6. The van der Waals surface area contributed by atoms with Crippen LogP contribution in [0.1, 0.15) is 15.9 Å². The molecular formula is C19H19F3N2O5S. The van der Waals surface area contributed by atoms with Crippen molar-refractivity contribution in [2.45, 2.75) is 11.1 Å². The highest BCUT2D eigenvalue weighted by molar-refractivity contribution is 7.90. The lowest BCUT2D eigenvalue weighted by atomic mass is 10.1. The summed E-state index contributed by atoms with van der Waals surface area (Å²) in [6.07, 6.45) is -4.89. The van der Waals surface area contributed by atoms with Crippen molar-refractivity contribution in [3.63, 3.8) is 0 Å². The van der Waals surface area contributed by atoms with Gasteiger partial charge >= 0.3 is 6.18 Å². The summed E-state index contributed by atoms with van der Waals surface area (Å²) in [5.41, 5.74) is -0.832. The lowest BCUT2D eigenvalue weighted by molar-refractivity contribution is -0.139. The number of sulfonamides is 1. The molecule has 1 amide bonds. The SMILES string of the molecule is COc1ccc(C(=O)NS(=O)(=O)c2ccccc2C(F)(F)F)cc1N1CCOCC1. The van der Waals surface area contributed by atoms with Gasteiger partial charge in [-0.2, -0.15) is 13.2 Å². The molecule has 1 N–H and O–H groups in total. The predicted molar refractivity (Wildman–Crippen MR) is 102 cm³/mol. The van der Waals surface area contributed by atoms with E-state index in [9.17, 15) is 26.4 Å². The molecule has 1 heterocycles. The molecule has 30 heavy (non-hydrogen) atoms. The number of nitrogens with one attached hydrogen (secondary N) is 1. The number of carbonyl (C=O) groups excluding carboxylic acids is 1. The number of carbonyl (C=O) groups is 1. The Balaban J connectivity index is 1.91. The van der Waals surface area contributed by atoms with Gasteiger partial charge in [-0.25, -0.2) is 13.1 Å². The third kappa shape index (κ3) is 4.68. The van der Waals surface area contributed by atoms with Gasteiger partial charge in [0.15, 0.2) is 0 Å². The third-order valence-electron chi connectivity index (χ3n) is 4.50. The zero-order valence-electron chi connectivity index (χ0n) is 15.9. The Labute approximate surface area is 171 Å². The maximum absolute atomic E-state index is 13.2. The van der Waals surface area contributed by atoms with Crippen LogP contribution in [0.2, 0.25) is 0 Å². The summed E-state index contributed by atoms with van der Waals surface area (Å²) in [5.74, 6) is -0.581. The fourth-order valence-corrected chi connectivity index (χ4v) is 4.26. The van der Waals surface area contributed by atoms with Gasteiger partial charge in [0.25, 0.3) is 15.9 Å². The van der Waals surface area contributed by atoms with E-state index in [0.29, 0.717) is 43.8 Å². The second-order valence-electron chi connectivity index (χ2n) is 6.41. The van der Waals surface area contributed by atoms with E-state index >= 15 is 0 Å². The zero-order valence-corrected chi connectivity index (χ0v) is 16.7. The van der Waals surface area contributed by atoms with Crippen molar-refractivity contribution in [2.75, 3.05) is 38.3 Å². The molecule has 1 fully saturated rings. The molecule has 0 spiro atoms. The first-order valence-electron chi connectivity index (χ1n) is 8.87. The quantitative estimate of drug-likeness (QED) is 0.764. The Morgan fingerprint density at radius 1 is 1.13 bits per heavy atom. The average Bonchev–Trinajstić information content (AvgIpc) is 2.73. The van der Waals surface area contributed by atoms with Crippen molar-refractivity contribution in [2.24, 2.45) is 0 Å². The molecule has 0 radical (unpaired) electrons. The molecule has 0 aromatic heterocycles. The van der Waals surface area contributed by atoms with Gasteiger partial charge in [0.05, 0.1) is 36.5 Å². The largest absolute Gasteiger partial charge is 0.495 e. The molecule has 1 aliphatic rings. The number of nitrogens with zero attached hydrogens (tertiary/aromatic N) is 1. The van der Waals surface area contributed by atoms with Crippen LogP contribution in [0.4, 0.5) is 18.9 Å². The van der Waals surface area contributed by atoms with Crippen molar-refractivity contribution < 1.29 is 35.9 Å². The molecule has 162 valence electrons. The third-order valence-corrected chi connectivity index (χ3v) is 5.89. The number of halogens is 3. The van der Waals surface area contributed by atoms with E-state index in [1.54, 1.807) is 4.72 Å². The van der Waals surface area contributed by atoms with Crippen LogP contribution in [0.3, 0.4) is 0 Å². The van der Waals surface area contributed by atoms with Crippen molar-refractivity contribution in [3.8, 4) is 5.75 Å². The summed E-state index contributed by atoms with van der Waals surface area (Å²) in [6.45, 7) is 2.03. The highest BCUT2D eigenvalue weighted by Gasteiger charge is 2.37. The molecule has 1 saturated heterocycles. The van der Waals surface area contributed by atoms with E-state index in [1.807, 2.05) is 4.90 Å². The average molecular weight is 444 g/mol. The van der Waals surface area contributed by atoms with Crippen LogP contribution in [0.5, 0.6) is 5.75 Å². The van der Waals surface area contributed by atoms with E-state index in [4.69, 9.17) is 9.47 Å².